The van der Waals surface area contributed by atoms with Crippen LogP contribution in [0.4, 0.5) is 0 Å². The second-order valence-corrected chi connectivity index (χ2v) is 7.93. The summed E-state index contributed by atoms with van der Waals surface area (Å²) in [6, 6.07) is 0. The zero-order valence-electron chi connectivity index (χ0n) is 16.4. The molecule has 2 unspecified atom stereocenters. The molecule has 0 aliphatic carbocycles. The highest BCUT2D eigenvalue weighted by Gasteiger charge is 2.25. The Kier molecular flexibility index (Phi) is 13.2. The van der Waals surface area contributed by atoms with E-state index in [1.807, 2.05) is 0 Å². The molecule has 1 rings (SSSR count). The van der Waals surface area contributed by atoms with E-state index in [0.717, 1.165) is 56.8 Å². The molecule has 0 spiro atoms. The highest BCUT2D eigenvalue weighted by atomic mass is 127. The first-order valence-electron chi connectivity index (χ1n) is 9.60. The first kappa shape index (κ1) is 24.0. The zero-order chi connectivity index (χ0) is 17.2. The van der Waals surface area contributed by atoms with Crippen LogP contribution in [0.5, 0.6) is 0 Å². The molecule has 1 saturated heterocycles. The predicted molar refractivity (Wildman–Crippen MR) is 115 cm³/mol. The van der Waals surface area contributed by atoms with Crippen LogP contribution in [0, 0.1) is 23.7 Å². The van der Waals surface area contributed by atoms with Gasteiger partial charge in [-0.3, -0.25) is 4.99 Å². The first-order valence-corrected chi connectivity index (χ1v) is 9.60. The summed E-state index contributed by atoms with van der Waals surface area (Å²) in [5.74, 6) is 3.81. The van der Waals surface area contributed by atoms with Crippen molar-refractivity contribution < 1.29 is 5.11 Å². The van der Waals surface area contributed by atoms with Gasteiger partial charge in [0, 0.05) is 32.8 Å². The number of aliphatic hydroxyl groups excluding tert-OH is 1. The zero-order valence-corrected chi connectivity index (χ0v) is 18.8. The fourth-order valence-corrected chi connectivity index (χ4v) is 3.66. The van der Waals surface area contributed by atoms with E-state index >= 15 is 0 Å². The Morgan fingerprint density at radius 2 is 1.96 bits per heavy atom. The first-order chi connectivity index (χ1) is 11.0. The Balaban J connectivity index is 0.00000529. The molecule has 144 valence electrons. The molecule has 0 aromatic heterocycles. The Bertz CT molecular complexity index is 348. The van der Waals surface area contributed by atoms with Crippen LogP contribution in [0.15, 0.2) is 4.99 Å². The Labute approximate surface area is 166 Å². The highest BCUT2D eigenvalue weighted by Crippen LogP contribution is 2.23. The van der Waals surface area contributed by atoms with Crippen molar-refractivity contribution >= 4 is 29.9 Å². The molecule has 2 atom stereocenters. The molecule has 0 amide bonds. The van der Waals surface area contributed by atoms with Crippen LogP contribution < -0.4 is 5.32 Å². The summed E-state index contributed by atoms with van der Waals surface area (Å²) >= 11 is 0. The minimum absolute atomic E-state index is 0. The van der Waals surface area contributed by atoms with Crippen LogP contribution in [0.3, 0.4) is 0 Å². The van der Waals surface area contributed by atoms with Crippen molar-refractivity contribution in [2.24, 2.45) is 28.7 Å². The minimum Gasteiger partial charge on any atom is -0.396 e. The van der Waals surface area contributed by atoms with Gasteiger partial charge in [0.1, 0.15) is 0 Å². The van der Waals surface area contributed by atoms with E-state index in [0.29, 0.717) is 11.8 Å². The van der Waals surface area contributed by atoms with Crippen LogP contribution in [-0.4, -0.2) is 48.8 Å². The van der Waals surface area contributed by atoms with Gasteiger partial charge in [-0.25, -0.2) is 0 Å². The molecule has 0 saturated carbocycles. The van der Waals surface area contributed by atoms with Gasteiger partial charge < -0.3 is 15.3 Å². The van der Waals surface area contributed by atoms with Crippen molar-refractivity contribution in [2.45, 2.75) is 60.3 Å². The Hall–Kier alpha value is -0.0400. The maximum Gasteiger partial charge on any atom is 0.193 e. The SMILES string of the molecule is CCNC(=NCC(CCO)CC(C)C)N1CCC(CC(C)C)C1.I. The number of likely N-dealkylation sites (tertiary alicyclic amines) is 1. The highest BCUT2D eigenvalue weighted by molar-refractivity contribution is 14.0. The summed E-state index contributed by atoms with van der Waals surface area (Å²) in [5, 5.41) is 12.7. The number of hydrogen-bond donors (Lipinski definition) is 2. The maximum atomic E-state index is 9.27. The quantitative estimate of drug-likeness (QED) is 0.316. The molecule has 1 fully saturated rings. The third-order valence-electron chi connectivity index (χ3n) is 4.57. The van der Waals surface area contributed by atoms with Gasteiger partial charge in [0.2, 0.25) is 0 Å². The van der Waals surface area contributed by atoms with Crippen molar-refractivity contribution in [1.29, 1.82) is 0 Å². The number of aliphatic hydroxyl groups is 1. The fourth-order valence-electron chi connectivity index (χ4n) is 3.66. The van der Waals surface area contributed by atoms with Crippen LogP contribution in [0.2, 0.25) is 0 Å². The molecule has 1 heterocycles. The average Bonchev–Trinajstić information content (AvgIpc) is 2.90. The number of aliphatic imine (C=N–C) groups is 1. The molecule has 1 aliphatic heterocycles. The normalized spacial score (nSPS) is 19.8. The summed E-state index contributed by atoms with van der Waals surface area (Å²) in [7, 11) is 0. The third kappa shape index (κ3) is 9.44. The van der Waals surface area contributed by atoms with E-state index in [1.54, 1.807) is 0 Å². The van der Waals surface area contributed by atoms with E-state index in [1.165, 1.54) is 12.8 Å². The number of nitrogens with one attached hydrogen (secondary N) is 1. The monoisotopic (exact) mass is 453 g/mol. The third-order valence-corrected chi connectivity index (χ3v) is 4.57. The van der Waals surface area contributed by atoms with Crippen molar-refractivity contribution in [3.8, 4) is 0 Å². The lowest BCUT2D eigenvalue weighted by Gasteiger charge is -2.23. The molecule has 4 nitrogen and oxygen atoms in total. The van der Waals surface area contributed by atoms with Gasteiger partial charge in [-0.1, -0.05) is 27.7 Å². The number of guanidine groups is 1. The molecule has 1 aliphatic rings. The summed E-state index contributed by atoms with van der Waals surface area (Å²) in [4.78, 5) is 7.33. The standard InChI is InChI=1S/C19H39N3O.HI/c1-6-20-19(21-13-17(8-10-23)11-15(2)3)22-9-7-18(14-22)12-16(4)5;/h15-18,23H,6-14H2,1-5H3,(H,20,21);1H. The second kappa shape index (κ2) is 13.2. The number of halogens is 1. The van der Waals surface area contributed by atoms with Gasteiger partial charge in [-0.15, -0.1) is 24.0 Å². The lowest BCUT2D eigenvalue weighted by molar-refractivity contribution is 0.245. The smallest absolute Gasteiger partial charge is 0.193 e. The molecule has 5 heteroatoms. The van der Waals surface area contributed by atoms with Crippen LogP contribution >= 0.6 is 24.0 Å². The van der Waals surface area contributed by atoms with E-state index in [-0.39, 0.29) is 30.6 Å². The fraction of sp³-hybridized carbons (Fsp3) is 0.947. The van der Waals surface area contributed by atoms with Gasteiger partial charge in [0.15, 0.2) is 5.96 Å². The lowest BCUT2D eigenvalue weighted by Crippen LogP contribution is -2.40. The molecule has 0 radical (unpaired) electrons. The Morgan fingerprint density at radius 3 is 2.50 bits per heavy atom. The maximum absolute atomic E-state index is 9.27. The van der Waals surface area contributed by atoms with E-state index in [9.17, 15) is 5.11 Å². The molecule has 24 heavy (non-hydrogen) atoms. The van der Waals surface area contributed by atoms with Crippen LogP contribution in [0.1, 0.15) is 60.3 Å². The molecule has 0 aromatic carbocycles. The number of rotatable bonds is 9. The molecule has 0 bridgehead atoms. The predicted octanol–water partition coefficient (Wildman–Crippen LogP) is 3.98. The van der Waals surface area contributed by atoms with Gasteiger partial charge in [-0.2, -0.15) is 0 Å². The number of nitrogens with zero attached hydrogens (tertiary/aromatic N) is 2. The van der Waals surface area contributed by atoms with E-state index in [4.69, 9.17) is 4.99 Å². The molecular weight excluding hydrogens is 413 g/mol. The minimum atomic E-state index is 0. The van der Waals surface area contributed by atoms with Crippen LogP contribution in [-0.2, 0) is 0 Å². The van der Waals surface area contributed by atoms with E-state index in [2.05, 4.69) is 44.8 Å². The molecule has 0 aromatic rings. The van der Waals surface area contributed by atoms with Crippen LogP contribution in [0.25, 0.3) is 0 Å². The topological polar surface area (TPSA) is 47.9 Å². The van der Waals surface area contributed by atoms with Crippen molar-refractivity contribution in [1.82, 2.24) is 10.2 Å². The number of hydrogen-bond acceptors (Lipinski definition) is 2. The second-order valence-electron chi connectivity index (χ2n) is 7.93. The lowest BCUT2D eigenvalue weighted by atomic mass is 9.94. The summed E-state index contributed by atoms with van der Waals surface area (Å²) in [5.41, 5.74) is 0. The van der Waals surface area contributed by atoms with Crippen molar-refractivity contribution in [3.05, 3.63) is 0 Å². The molecular formula is C19H40IN3O. The largest absolute Gasteiger partial charge is 0.396 e. The van der Waals surface area contributed by atoms with Crippen molar-refractivity contribution in [3.63, 3.8) is 0 Å². The summed E-state index contributed by atoms with van der Waals surface area (Å²) < 4.78 is 0. The summed E-state index contributed by atoms with van der Waals surface area (Å²) in [6.07, 6.45) is 4.60. The van der Waals surface area contributed by atoms with Gasteiger partial charge in [0.25, 0.3) is 0 Å². The Morgan fingerprint density at radius 1 is 1.25 bits per heavy atom. The van der Waals surface area contributed by atoms with Crippen molar-refractivity contribution in [2.75, 3.05) is 32.8 Å². The van der Waals surface area contributed by atoms with E-state index < -0.39 is 0 Å². The van der Waals surface area contributed by atoms with Gasteiger partial charge in [0.05, 0.1) is 0 Å². The summed E-state index contributed by atoms with van der Waals surface area (Å²) in [6.45, 7) is 15.5. The van der Waals surface area contributed by atoms with Gasteiger partial charge in [-0.05, 0) is 56.3 Å². The average molecular weight is 453 g/mol. The molecule has 2 N–H and O–H groups in total. The van der Waals surface area contributed by atoms with Gasteiger partial charge >= 0.3 is 0 Å².